The number of pyridine rings is 1. The van der Waals surface area contributed by atoms with E-state index in [2.05, 4.69) is 43.2 Å². The molecule has 0 radical (unpaired) electrons. The molecular formula is C15H27N3O. The highest BCUT2D eigenvalue weighted by Crippen LogP contribution is 2.17. The molecule has 1 aromatic rings. The normalized spacial score (nSPS) is 12.5. The summed E-state index contributed by atoms with van der Waals surface area (Å²) >= 11 is 0. The molecule has 0 aliphatic heterocycles. The number of hydrogen-bond acceptors (Lipinski definition) is 4. The van der Waals surface area contributed by atoms with Gasteiger partial charge < -0.3 is 15.0 Å². The zero-order valence-corrected chi connectivity index (χ0v) is 12.9. The average molecular weight is 265 g/mol. The molecule has 0 aromatic carbocycles. The predicted molar refractivity (Wildman–Crippen MR) is 80.7 cm³/mol. The molecule has 0 saturated carbocycles. The number of nitrogens with one attached hydrogen (secondary N) is 1. The first-order valence-electron chi connectivity index (χ1n) is 6.98. The van der Waals surface area contributed by atoms with Crippen LogP contribution in [0.25, 0.3) is 0 Å². The summed E-state index contributed by atoms with van der Waals surface area (Å²) in [6.45, 7) is 5.91. The van der Waals surface area contributed by atoms with Gasteiger partial charge in [0.1, 0.15) is 5.82 Å². The van der Waals surface area contributed by atoms with Crippen LogP contribution in [0.4, 0.5) is 5.82 Å². The summed E-state index contributed by atoms with van der Waals surface area (Å²) in [5, 5.41) is 3.20. The number of likely N-dealkylation sites (N-methyl/N-ethyl adjacent to an activating group) is 1. The van der Waals surface area contributed by atoms with Gasteiger partial charge in [0, 0.05) is 26.4 Å². The molecule has 19 heavy (non-hydrogen) atoms. The number of aromatic nitrogens is 1. The van der Waals surface area contributed by atoms with Gasteiger partial charge in [-0.15, -0.1) is 0 Å². The van der Waals surface area contributed by atoms with Crippen LogP contribution in [0.15, 0.2) is 12.1 Å². The number of hydrogen-bond donors (Lipinski definition) is 1. The minimum Gasteiger partial charge on any atom is -0.383 e. The van der Waals surface area contributed by atoms with E-state index in [0.29, 0.717) is 12.6 Å². The summed E-state index contributed by atoms with van der Waals surface area (Å²) in [6.07, 6.45) is 2.14. The third-order valence-electron chi connectivity index (χ3n) is 3.24. The van der Waals surface area contributed by atoms with Gasteiger partial charge in [-0.3, -0.25) is 0 Å². The minimum absolute atomic E-state index is 0.316. The molecule has 1 atom stereocenters. The second-order valence-electron chi connectivity index (χ2n) is 5.02. The van der Waals surface area contributed by atoms with Gasteiger partial charge in [-0.1, -0.05) is 13.3 Å². The van der Waals surface area contributed by atoms with Gasteiger partial charge in [-0.25, -0.2) is 4.98 Å². The SMILES string of the molecule is CCCc1cc(CNC)cc(N(C)C(C)COC)n1. The van der Waals surface area contributed by atoms with Crippen LogP contribution in [-0.2, 0) is 17.7 Å². The van der Waals surface area contributed by atoms with E-state index in [4.69, 9.17) is 9.72 Å². The molecule has 0 amide bonds. The average Bonchev–Trinajstić information content (AvgIpc) is 2.38. The Hall–Kier alpha value is -1.13. The van der Waals surface area contributed by atoms with E-state index in [1.54, 1.807) is 7.11 Å². The maximum atomic E-state index is 5.22. The van der Waals surface area contributed by atoms with E-state index in [1.807, 2.05) is 7.05 Å². The van der Waals surface area contributed by atoms with Crippen LogP contribution in [0.3, 0.4) is 0 Å². The third kappa shape index (κ3) is 4.80. The van der Waals surface area contributed by atoms with E-state index < -0.39 is 0 Å². The number of methoxy groups -OCH3 is 1. The molecule has 1 unspecified atom stereocenters. The maximum Gasteiger partial charge on any atom is 0.129 e. The monoisotopic (exact) mass is 265 g/mol. The second-order valence-corrected chi connectivity index (χ2v) is 5.02. The molecule has 1 rings (SSSR count). The van der Waals surface area contributed by atoms with E-state index in [9.17, 15) is 0 Å². The molecular weight excluding hydrogens is 238 g/mol. The summed E-state index contributed by atoms with van der Waals surface area (Å²) in [5.74, 6) is 1.03. The van der Waals surface area contributed by atoms with Crippen molar-refractivity contribution in [2.24, 2.45) is 0 Å². The Morgan fingerprint density at radius 1 is 1.42 bits per heavy atom. The number of anilines is 1. The van der Waals surface area contributed by atoms with Crippen LogP contribution in [0.5, 0.6) is 0 Å². The zero-order chi connectivity index (χ0) is 14.3. The number of ether oxygens (including phenoxy) is 1. The van der Waals surface area contributed by atoms with Gasteiger partial charge in [0.15, 0.2) is 0 Å². The van der Waals surface area contributed by atoms with Crippen LogP contribution in [0, 0.1) is 0 Å². The quantitative estimate of drug-likeness (QED) is 0.782. The summed E-state index contributed by atoms with van der Waals surface area (Å²) < 4.78 is 5.22. The Morgan fingerprint density at radius 3 is 2.74 bits per heavy atom. The molecule has 1 heterocycles. The molecule has 0 aliphatic carbocycles. The molecule has 0 fully saturated rings. The molecule has 4 heteroatoms. The molecule has 108 valence electrons. The molecule has 0 spiro atoms. The van der Waals surface area contributed by atoms with Gasteiger partial charge in [0.05, 0.1) is 12.6 Å². The lowest BCUT2D eigenvalue weighted by Gasteiger charge is -2.26. The van der Waals surface area contributed by atoms with Gasteiger partial charge in [-0.05, 0) is 38.1 Å². The van der Waals surface area contributed by atoms with Crippen molar-refractivity contribution in [3.8, 4) is 0 Å². The fourth-order valence-electron chi connectivity index (χ4n) is 2.08. The van der Waals surface area contributed by atoms with Crippen LogP contribution >= 0.6 is 0 Å². The number of nitrogens with zero attached hydrogens (tertiary/aromatic N) is 2. The van der Waals surface area contributed by atoms with Crippen molar-refractivity contribution in [2.75, 3.05) is 32.7 Å². The van der Waals surface area contributed by atoms with Gasteiger partial charge >= 0.3 is 0 Å². The van der Waals surface area contributed by atoms with Crippen molar-refractivity contribution in [3.05, 3.63) is 23.4 Å². The Bertz CT molecular complexity index is 357. The van der Waals surface area contributed by atoms with E-state index in [0.717, 1.165) is 25.2 Å². The lowest BCUT2D eigenvalue weighted by atomic mass is 10.1. The summed E-state index contributed by atoms with van der Waals surface area (Å²) in [6, 6.07) is 4.66. The van der Waals surface area contributed by atoms with Crippen molar-refractivity contribution in [2.45, 2.75) is 39.3 Å². The van der Waals surface area contributed by atoms with Gasteiger partial charge in [0.25, 0.3) is 0 Å². The standard InChI is InChI=1S/C15H27N3O/c1-6-7-14-8-13(10-16-3)9-15(17-14)18(4)12(2)11-19-5/h8-9,12,16H,6-7,10-11H2,1-5H3. The fourth-order valence-corrected chi connectivity index (χ4v) is 2.08. The largest absolute Gasteiger partial charge is 0.383 e. The minimum atomic E-state index is 0.316. The highest BCUT2D eigenvalue weighted by molar-refractivity contribution is 5.43. The number of rotatable bonds is 8. The Kier molecular flexibility index (Phi) is 6.81. The molecule has 4 nitrogen and oxygen atoms in total. The van der Waals surface area contributed by atoms with Crippen molar-refractivity contribution < 1.29 is 4.74 Å². The smallest absolute Gasteiger partial charge is 0.129 e. The highest BCUT2D eigenvalue weighted by atomic mass is 16.5. The van der Waals surface area contributed by atoms with Crippen molar-refractivity contribution in [1.29, 1.82) is 0 Å². The maximum absolute atomic E-state index is 5.22. The second kappa shape index (κ2) is 8.12. The number of aryl methyl sites for hydroxylation is 1. The first-order chi connectivity index (χ1) is 9.12. The van der Waals surface area contributed by atoms with Gasteiger partial charge in [-0.2, -0.15) is 0 Å². The van der Waals surface area contributed by atoms with Crippen molar-refractivity contribution in [1.82, 2.24) is 10.3 Å². The fraction of sp³-hybridized carbons (Fsp3) is 0.667. The van der Waals surface area contributed by atoms with Crippen molar-refractivity contribution in [3.63, 3.8) is 0 Å². The molecule has 1 N–H and O–H groups in total. The third-order valence-corrected chi connectivity index (χ3v) is 3.24. The van der Waals surface area contributed by atoms with Crippen LogP contribution in [-0.4, -0.2) is 38.8 Å². The van der Waals surface area contributed by atoms with E-state index >= 15 is 0 Å². The first kappa shape index (κ1) is 15.9. The first-order valence-corrected chi connectivity index (χ1v) is 6.98. The van der Waals surface area contributed by atoms with Crippen LogP contribution in [0.1, 0.15) is 31.5 Å². The summed E-state index contributed by atoms with van der Waals surface area (Å²) in [5.41, 5.74) is 2.45. The van der Waals surface area contributed by atoms with Crippen molar-refractivity contribution >= 4 is 5.82 Å². The van der Waals surface area contributed by atoms with E-state index in [-0.39, 0.29) is 0 Å². The highest BCUT2D eigenvalue weighted by Gasteiger charge is 2.12. The Morgan fingerprint density at radius 2 is 2.16 bits per heavy atom. The molecule has 0 bridgehead atoms. The molecule has 1 aromatic heterocycles. The lowest BCUT2D eigenvalue weighted by molar-refractivity contribution is 0.183. The Labute approximate surface area is 117 Å². The molecule has 0 aliphatic rings. The zero-order valence-electron chi connectivity index (χ0n) is 12.9. The predicted octanol–water partition coefficient (Wildman–Crippen LogP) is 2.22. The molecule has 0 saturated heterocycles. The Balaban J connectivity index is 2.96. The summed E-state index contributed by atoms with van der Waals surface area (Å²) in [4.78, 5) is 6.93. The lowest BCUT2D eigenvalue weighted by Crippen LogP contribution is -2.33. The van der Waals surface area contributed by atoms with E-state index in [1.165, 1.54) is 11.3 Å². The van der Waals surface area contributed by atoms with Gasteiger partial charge in [0.2, 0.25) is 0 Å². The summed E-state index contributed by atoms with van der Waals surface area (Å²) in [7, 11) is 5.78. The van der Waals surface area contributed by atoms with Crippen LogP contribution in [0.2, 0.25) is 0 Å². The van der Waals surface area contributed by atoms with Crippen LogP contribution < -0.4 is 10.2 Å². The topological polar surface area (TPSA) is 37.4 Å².